The number of nitrogens with one attached hydrogen (secondary N) is 1. The number of pyridine rings is 1. The lowest BCUT2D eigenvalue weighted by atomic mass is 10.2. The van der Waals surface area contributed by atoms with Crippen LogP contribution in [0.4, 0.5) is 0 Å². The molecule has 4 nitrogen and oxygen atoms in total. The van der Waals surface area contributed by atoms with Gasteiger partial charge in [0.05, 0.1) is 11.7 Å². The van der Waals surface area contributed by atoms with Crippen LogP contribution in [-0.2, 0) is 0 Å². The first-order valence-corrected chi connectivity index (χ1v) is 4.68. The molecule has 70 valence electrons. The highest BCUT2D eigenvalue weighted by Gasteiger charge is 2.23. The van der Waals surface area contributed by atoms with Crippen molar-refractivity contribution in [3.63, 3.8) is 0 Å². The van der Waals surface area contributed by atoms with Crippen molar-refractivity contribution in [3.8, 4) is 0 Å². The van der Waals surface area contributed by atoms with E-state index < -0.39 is 0 Å². The minimum atomic E-state index is -0.174. The third-order valence-corrected chi connectivity index (χ3v) is 2.50. The minimum absolute atomic E-state index is 0.174. The summed E-state index contributed by atoms with van der Waals surface area (Å²) in [6.45, 7) is 0. The summed E-state index contributed by atoms with van der Waals surface area (Å²) in [5, 5.41) is 0. The van der Waals surface area contributed by atoms with E-state index in [9.17, 15) is 4.79 Å². The molecule has 14 heavy (non-hydrogen) atoms. The van der Waals surface area contributed by atoms with E-state index in [0.717, 1.165) is 5.52 Å². The number of H-pyrrole nitrogens is 1. The van der Waals surface area contributed by atoms with Crippen LogP contribution in [0.1, 0.15) is 24.3 Å². The maximum atomic E-state index is 11.0. The van der Waals surface area contributed by atoms with Crippen molar-refractivity contribution in [1.82, 2.24) is 15.0 Å². The molecule has 1 fully saturated rings. The summed E-state index contributed by atoms with van der Waals surface area (Å²) in [6.07, 6.45) is 5.58. The second-order valence-electron chi connectivity index (χ2n) is 3.66. The predicted octanol–water partition coefficient (Wildman–Crippen LogP) is 1.20. The first-order valence-electron chi connectivity index (χ1n) is 4.68. The maximum absolute atomic E-state index is 11.0. The molecule has 0 bridgehead atoms. The van der Waals surface area contributed by atoms with Gasteiger partial charge in [0.1, 0.15) is 0 Å². The zero-order valence-electron chi connectivity index (χ0n) is 7.53. The molecule has 0 radical (unpaired) electrons. The molecule has 0 aromatic carbocycles. The first kappa shape index (κ1) is 7.67. The molecule has 2 aromatic rings. The van der Waals surface area contributed by atoms with Gasteiger partial charge in [-0.25, -0.2) is 9.97 Å². The van der Waals surface area contributed by atoms with Gasteiger partial charge in [0.2, 0.25) is 0 Å². The third-order valence-electron chi connectivity index (χ3n) is 2.50. The van der Waals surface area contributed by atoms with Gasteiger partial charge >= 0.3 is 0 Å². The highest BCUT2D eigenvalue weighted by molar-refractivity contribution is 5.69. The molecular formula is C10H9N3O. The first-order chi connectivity index (χ1) is 6.83. The van der Waals surface area contributed by atoms with Crippen LogP contribution in [0.3, 0.4) is 0 Å². The summed E-state index contributed by atoms with van der Waals surface area (Å²) in [4.78, 5) is 21.9. The van der Waals surface area contributed by atoms with Gasteiger partial charge < -0.3 is 4.98 Å². The van der Waals surface area contributed by atoms with Crippen LogP contribution in [0, 0.1) is 0 Å². The topological polar surface area (TPSA) is 58.6 Å². The van der Waals surface area contributed by atoms with Crippen LogP contribution in [0.2, 0.25) is 0 Å². The number of aromatic nitrogens is 3. The maximum Gasteiger partial charge on any atom is 0.266 e. The van der Waals surface area contributed by atoms with E-state index in [1.807, 2.05) is 12.3 Å². The Kier molecular flexibility index (Phi) is 1.45. The Labute approximate surface area is 80.0 Å². The Bertz CT molecular complexity index is 542. The van der Waals surface area contributed by atoms with Crippen LogP contribution < -0.4 is 5.56 Å². The zero-order valence-corrected chi connectivity index (χ0v) is 7.53. The number of fused-ring (bicyclic) bond motifs is 1. The van der Waals surface area contributed by atoms with Gasteiger partial charge in [-0.3, -0.25) is 4.79 Å². The molecule has 0 amide bonds. The summed E-state index contributed by atoms with van der Waals surface area (Å²) < 4.78 is 0. The van der Waals surface area contributed by atoms with Crippen molar-refractivity contribution in [2.45, 2.75) is 18.8 Å². The Morgan fingerprint density at radius 1 is 1.29 bits per heavy atom. The van der Waals surface area contributed by atoms with Crippen molar-refractivity contribution >= 4 is 11.2 Å². The lowest BCUT2D eigenvalue weighted by Gasteiger charge is -1.99. The quantitative estimate of drug-likeness (QED) is 0.729. The Morgan fingerprint density at radius 2 is 2.07 bits per heavy atom. The molecular weight excluding hydrogens is 178 g/mol. The van der Waals surface area contributed by atoms with Gasteiger partial charge in [0, 0.05) is 6.20 Å². The highest BCUT2D eigenvalue weighted by Crippen LogP contribution is 2.39. The number of aromatic amines is 1. The molecule has 1 saturated carbocycles. The molecule has 1 aliphatic rings. The number of rotatable bonds is 1. The van der Waals surface area contributed by atoms with Crippen LogP contribution in [0.15, 0.2) is 23.3 Å². The molecule has 2 heterocycles. The molecule has 1 aliphatic carbocycles. The van der Waals surface area contributed by atoms with Gasteiger partial charge in [-0.15, -0.1) is 0 Å². The molecule has 0 spiro atoms. The molecule has 0 saturated heterocycles. The number of nitrogens with zero attached hydrogens (tertiary/aromatic N) is 2. The van der Waals surface area contributed by atoms with E-state index in [-0.39, 0.29) is 5.56 Å². The molecule has 3 rings (SSSR count). The normalized spacial score (nSPS) is 16.0. The number of hydrogen-bond acceptors (Lipinski definition) is 3. The van der Waals surface area contributed by atoms with Crippen molar-refractivity contribution in [3.05, 3.63) is 34.4 Å². The van der Waals surface area contributed by atoms with Crippen LogP contribution in [-0.4, -0.2) is 15.0 Å². The molecule has 0 unspecified atom stereocenters. The van der Waals surface area contributed by atoms with E-state index in [1.165, 1.54) is 24.6 Å². The fourth-order valence-electron chi connectivity index (χ4n) is 1.59. The largest absolute Gasteiger partial charge is 0.318 e. The second-order valence-corrected chi connectivity index (χ2v) is 3.66. The van der Waals surface area contributed by atoms with E-state index in [1.54, 1.807) is 0 Å². The van der Waals surface area contributed by atoms with Crippen molar-refractivity contribution in [1.29, 1.82) is 0 Å². The van der Waals surface area contributed by atoms with Crippen LogP contribution in [0.5, 0.6) is 0 Å². The average molecular weight is 187 g/mol. The van der Waals surface area contributed by atoms with Crippen molar-refractivity contribution in [2.24, 2.45) is 0 Å². The lowest BCUT2D eigenvalue weighted by molar-refractivity contribution is 1.08. The van der Waals surface area contributed by atoms with Gasteiger partial charge in [0.25, 0.3) is 5.56 Å². The summed E-state index contributed by atoms with van der Waals surface area (Å²) >= 11 is 0. The SMILES string of the molecule is O=c1cnc2ncc(C3CC3)cc2[nH]1. The van der Waals surface area contributed by atoms with E-state index >= 15 is 0 Å². The second kappa shape index (κ2) is 2.64. The fraction of sp³-hybridized carbons (Fsp3) is 0.300. The zero-order chi connectivity index (χ0) is 9.54. The van der Waals surface area contributed by atoms with Gasteiger partial charge in [-0.05, 0) is 30.4 Å². The van der Waals surface area contributed by atoms with Gasteiger partial charge in [0.15, 0.2) is 5.65 Å². The van der Waals surface area contributed by atoms with E-state index in [0.29, 0.717) is 11.6 Å². The monoisotopic (exact) mass is 187 g/mol. The molecule has 4 heteroatoms. The highest BCUT2D eigenvalue weighted by atomic mass is 16.1. The molecule has 2 aromatic heterocycles. The predicted molar refractivity (Wildman–Crippen MR) is 52.1 cm³/mol. The minimum Gasteiger partial charge on any atom is -0.318 e. The van der Waals surface area contributed by atoms with E-state index in [4.69, 9.17) is 0 Å². The molecule has 0 atom stereocenters. The van der Waals surface area contributed by atoms with Crippen LogP contribution in [0.25, 0.3) is 11.2 Å². The summed E-state index contributed by atoms with van der Waals surface area (Å²) in [6, 6.07) is 1.98. The number of hydrogen-bond donors (Lipinski definition) is 1. The Morgan fingerprint density at radius 3 is 2.86 bits per heavy atom. The Balaban J connectivity index is 2.25. The standard InChI is InChI=1S/C10H9N3O/c14-9-5-12-10-8(13-9)3-7(4-11-10)6-1-2-6/h3-6H,1-2H2,(H,13,14). The smallest absolute Gasteiger partial charge is 0.266 e. The summed E-state index contributed by atoms with van der Waals surface area (Å²) in [5.74, 6) is 0.649. The molecule has 1 N–H and O–H groups in total. The van der Waals surface area contributed by atoms with Crippen molar-refractivity contribution < 1.29 is 0 Å². The van der Waals surface area contributed by atoms with E-state index in [2.05, 4.69) is 15.0 Å². The summed E-state index contributed by atoms with van der Waals surface area (Å²) in [5.41, 5.74) is 2.38. The van der Waals surface area contributed by atoms with Crippen molar-refractivity contribution in [2.75, 3.05) is 0 Å². The summed E-state index contributed by atoms with van der Waals surface area (Å²) in [7, 11) is 0. The third kappa shape index (κ3) is 1.19. The fourth-order valence-corrected chi connectivity index (χ4v) is 1.59. The van der Waals surface area contributed by atoms with Gasteiger partial charge in [-0.1, -0.05) is 0 Å². The lowest BCUT2D eigenvalue weighted by Crippen LogP contribution is -2.05. The van der Waals surface area contributed by atoms with Crippen LogP contribution >= 0.6 is 0 Å². The van der Waals surface area contributed by atoms with Gasteiger partial charge in [-0.2, -0.15) is 0 Å². The molecule has 0 aliphatic heterocycles. The average Bonchev–Trinajstić information content (AvgIpc) is 3.00. The Hall–Kier alpha value is -1.71.